The van der Waals surface area contributed by atoms with Crippen LogP contribution in [-0.2, 0) is 18.3 Å². The third kappa shape index (κ3) is 3.86. The summed E-state index contributed by atoms with van der Waals surface area (Å²) in [7, 11) is 1.78. The van der Waals surface area contributed by atoms with Gasteiger partial charge in [-0.1, -0.05) is 0 Å². The van der Waals surface area contributed by atoms with Crippen LogP contribution in [0.15, 0.2) is 30.5 Å². The summed E-state index contributed by atoms with van der Waals surface area (Å²) in [6.45, 7) is 4.10. The Morgan fingerprint density at radius 3 is 2.61 bits per heavy atom. The van der Waals surface area contributed by atoms with Gasteiger partial charge in [0.2, 0.25) is 0 Å². The number of carbonyl (C=O) groups excluding carboxylic acids is 2. The van der Waals surface area contributed by atoms with Crippen LogP contribution in [0.1, 0.15) is 39.2 Å². The highest BCUT2D eigenvalue weighted by Crippen LogP contribution is 2.16. The summed E-state index contributed by atoms with van der Waals surface area (Å²) >= 11 is 5.05. The van der Waals surface area contributed by atoms with Crippen molar-refractivity contribution >= 4 is 24.1 Å². The Labute approximate surface area is 166 Å². The number of esters is 1. The van der Waals surface area contributed by atoms with E-state index in [1.165, 1.54) is 6.20 Å². The van der Waals surface area contributed by atoms with Gasteiger partial charge in [-0.3, -0.25) is 9.89 Å². The Kier molecular flexibility index (Phi) is 5.69. The van der Waals surface area contributed by atoms with E-state index in [1.54, 1.807) is 54.4 Å². The van der Waals surface area contributed by atoms with Gasteiger partial charge in [0, 0.05) is 12.6 Å². The van der Waals surface area contributed by atoms with Crippen LogP contribution in [0.3, 0.4) is 0 Å². The molecule has 2 heterocycles. The van der Waals surface area contributed by atoms with Gasteiger partial charge in [-0.2, -0.15) is 10.2 Å². The van der Waals surface area contributed by atoms with Crippen LogP contribution in [0.4, 0.5) is 0 Å². The fourth-order valence-corrected chi connectivity index (χ4v) is 2.78. The second kappa shape index (κ2) is 8.17. The van der Waals surface area contributed by atoms with E-state index in [-0.39, 0.29) is 12.5 Å². The third-order valence-electron chi connectivity index (χ3n) is 4.26. The predicted molar refractivity (Wildman–Crippen MR) is 104 cm³/mol. The van der Waals surface area contributed by atoms with Crippen molar-refractivity contribution in [3.8, 4) is 5.69 Å². The first-order chi connectivity index (χ1) is 13.4. The SMILES string of the molecule is CCOC(=O)c1cnn(-c2ccc(C(=O)NCc3n[nH]c(=S)n3C)cc2)c1C. The van der Waals surface area contributed by atoms with Crippen molar-refractivity contribution in [2.24, 2.45) is 7.05 Å². The van der Waals surface area contributed by atoms with Crippen molar-refractivity contribution in [2.75, 3.05) is 6.61 Å². The predicted octanol–water partition coefficient (Wildman–Crippen LogP) is 2.08. The maximum Gasteiger partial charge on any atom is 0.341 e. The quantitative estimate of drug-likeness (QED) is 0.485. The van der Waals surface area contributed by atoms with E-state index in [0.717, 1.165) is 5.69 Å². The molecule has 0 spiro atoms. The van der Waals surface area contributed by atoms with Crippen molar-refractivity contribution in [3.63, 3.8) is 0 Å². The van der Waals surface area contributed by atoms with Crippen LogP contribution in [0, 0.1) is 11.7 Å². The smallest absolute Gasteiger partial charge is 0.341 e. The molecule has 0 bridgehead atoms. The number of nitrogens with one attached hydrogen (secondary N) is 2. The average molecular weight is 400 g/mol. The molecule has 0 unspecified atom stereocenters. The van der Waals surface area contributed by atoms with Crippen LogP contribution in [0.5, 0.6) is 0 Å². The van der Waals surface area contributed by atoms with E-state index < -0.39 is 5.97 Å². The average Bonchev–Trinajstić information content (AvgIpc) is 3.23. The first kappa shape index (κ1) is 19.5. The van der Waals surface area contributed by atoms with Crippen LogP contribution in [0.25, 0.3) is 5.69 Å². The Bertz CT molecular complexity index is 1060. The zero-order valence-corrected chi connectivity index (χ0v) is 16.5. The molecular formula is C18H20N6O3S. The van der Waals surface area contributed by atoms with Gasteiger partial charge in [0.15, 0.2) is 10.6 Å². The minimum absolute atomic E-state index is 0.232. The van der Waals surface area contributed by atoms with Crippen LogP contribution in [-0.4, -0.2) is 43.0 Å². The van der Waals surface area contributed by atoms with Crippen molar-refractivity contribution in [2.45, 2.75) is 20.4 Å². The Morgan fingerprint density at radius 2 is 2.00 bits per heavy atom. The second-order valence-electron chi connectivity index (χ2n) is 6.01. The molecule has 1 amide bonds. The standard InChI is InChI=1S/C18H20N6O3S/c1-4-27-17(26)14-9-20-24(11(14)2)13-7-5-12(6-8-13)16(25)19-10-15-21-22-18(28)23(15)3/h5-9H,4,10H2,1-3H3,(H,19,25)(H,22,28). The molecular weight excluding hydrogens is 380 g/mol. The van der Waals surface area contributed by atoms with Crippen molar-refractivity contribution < 1.29 is 14.3 Å². The molecule has 0 fully saturated rings. The number of amides is 1. The highest BCUT2D eigenvalue weighted by Gasteiger charge is 2.16. The number of rotatable bonds is 6. The van der Waals surface area contributed by atoms with Gasteiger partial charge in [-0.05, 0) is 50.3 Å². The Hall–Kier alpha value is -3.27. The topological polar surface area (TPSA) is 107 Å². The number of aromatic amines is 1. The summed E-state index contributed by atoms with van der Waals surface area (Å²) in [6, 6.07) is 6.91. The van der Waals surface area contributed by atoms with Gasteiger partial charge in [-0.15, -0.1) is 0 Å². The van der Waals surface area contributed by atoms with Gasteiger partial charge in [0.25, 0.3) is 5.91 Å². The zero-order valence-electron chi connectivity index (χ0n) is 15.7. The lowest BCUT2D eigenvalue weighted by atomic mass is 10.2. The van der Waals surface area contributed by atoms with Crippen LogP contribution >= 0.6 is 12.2 Å². The number of hydrogen-bond donors (Lipinski definition) is 2. The number of benzene rings is 1. The molecule has 9 nitrogen and oxygen atoms in total. The number of carbonyl (C=O) groups is 2. The van der Waals surface area contributed by atoms with E-state index in [4.69, 9.17) is 17.0 Å². The van der Waals surface area contributed by atoms with Gasteiger partial charge in [-0.25, -0.2) is 9.48 Å². The maximum absolute atomic E-state index is 12.3. The highest BCUT2D eigenvalue weighted by molar-refractivity contribution is 7.71. The monoisotopic (exact) mass is 400 g/mol. The summed E-state index contributed by atoms with van der Waals surface area (Å²) in [5, 5.41) is 13.8. The summed E-state index contributed by atoms with van der Waals surface area (Å²) in [6.07, 6.45) is 1.48. The molecule has 0 atom stereocenters. The molecule has 0 saturated carbocycles. The summed E-state index contributed by atoms with van der Waals surface area (Å²) in [5.74, 6) is -0.00508. The molecule has 0 radical (unpaired) electrons. The summed E-state index contributed by atoms with van der Waals surface area (Å²) < 4.78 is 8.83. The van der Waals surface area contributed by atoms with E-state index in [2.05, 4.69) is 20.6 Å². The molecule has 0 saturated heterocycles. The fraction of sp³-hybridized carbons (Fsp3) is 0.278. The molecule has 10 heteroatoms. The fourth-order valence-electron chi connectivity index (χ4n) is 2.63. The van der Waals surface area contributed by atoms with Gasteiger partial charge < -0.3 is 14.6 Å². The van der Waals surface area contributed by atoms with E-state index in [1.807, 2.05) is 0 Å². The molecule has 0 aliphatic heterocycles. The Balaban J connectivity index is 1.71. The molecule has 146 valence electrons. The molecule has 3 rings (SSSR count). The maximum atomic E-state index is 12.3. The summed E-state index contributed by atoms with van der Waals surface area (Å²) in [4.78, 5) is 24.3. The third-order valence-corrected chi connectivity index (χ3v) is 4.62. The van der Waals surface area contributed by atoms with Crippen molar-refractivity contribution in [3.05, 3.63) is 57.9 Å². The molecule has 3 aromatic rings. The number of nitrogens with zero attached hydrogens (tertiary/aromatic N) is 4. The number of ether oxygens (including phenoxy) is 1. The number of aromatic nitrogens is 5. The minimum Gasteiger partial charge on any atom is -0.462 e. The largest absolute Gasteiger partial charge is 0.462 e. The number of hydrogen-bond acceptors (Lipinski definition) is 6. The van der Waals surface area contributed by atoms with Gasteiger partial charge >= 0.3 is 5.97 Å². The van der Waals surface area contributed by atoms with E-state index in [0.29, 0.717) is 34.0 Å². The first-order valence-corrected chi connectivity index (χ1v) is 9.03. The highest BCUT2D eigenvalue weighted by atomic mass is 32.1. The molecule has 2 N–H and O–H groups in total. The molecule has 1 aromatic carbocycles. The van der Waals surface area contributed by atoms with Crippen molar-refractivity contribution in [1.29, 1.82) is 0 Å². The molecule has 28 heavy (non-hydrogen) atoms. The first-order valence-electron chi connectivity index (χ1n) is 8.63. The van der Waals surface area contributed by atoms with E-state index in [9.17, 15) is 9.59 Å². The van der Waals surface area contributed by atoms with Crippen molar-refractivity contribution in [1.82, 2.24) is 29.9 Å². The molecule has 0 aliphatic carbocycles. The minimum atomic E-state index is -0.406. The number of H-pyrrole nitrogens is 1. The lowest BCUT2D eigenvalue weighted by Gasteiger charge is -2.08. The van der Waals surface area contributed by atoms with Crippen LogP contribution in [0.2, 0.25) is 0 Å². The second-order valence-corrected chi connectivity index (χ2v) is 6.40. The lowest BCUT2D eigenvalue weighted by molar-refractivity contribution is 0.0525. The normalized spacial score (nSPS) is 10.7. The summed E-state index contributed by atoms with van der Waals surface area (Å²) in [5.41, 5.74) is 2.31. The van der Waals surface area contributed by atoms with Gasteiger partial charge in [0.05, 0.1) is 30.7 Å². The van der Waals surface area contributed by atoms with E-state index >= 15 is 0 Å². The molecule has 0 aliphatic rings. The molecule has 2 aromatic heterocycles. The zero-order chi connectivity index (χ0) is 20.3. The Morgan fingerprint density at radius 1 is 1.29 bits per heavy atom. The van der Waals surface area contributed by atoms with Crippen LogP contribution < -0.4 is 5.32 Å². The lowest BCUT2D eigenvalue weighted by Crippen LogP contribution is -2.24. The van der Waals surface area contributed by atoms with Gasteiger partial charge in [0.1, 0.15) is 5.56 Å².